The fraction of sp³-hybridized carbons (Fsp3) is 0.150. The fourth-order valence-corrected chi connectivity index (χ4v) is 3.55. The molecule has 8 heteroatoms. The van der Waals surface area contributed by atoms with E-state index in [1.165, 1.54) is 26.4 Å². The summed E-state index contributed by atoms with van der Waals surface area (Å²) >= 11 is 0. The molecule has 0 amide bonds. The molecular weight excluding hydrogens is 382 g/mol. The summed E-state index contributed by atoms with van der Waals surface area (Å²) in [6, 6.07) is 15.6. The van der Waals surface area contributed by atoms with Crippen LogP contribution in [0.15, 0.2) is 59.0 Å². The second-order valence-electron chi connectivity index (χ2n) is 5.79. The van der Waals surface area contributed by atoms with E-state index in [1.54, 1.807) is 18.2 Å². The van der Waals surface area contributed by atoms with Crippen LogP contribution in [0.5, 0.6) is 0 Å². The minimum absolute atomic E-state index is 0.0484. The van der Waals surface area contributed by atoms with Crippen molar-refractivity contribution in [2.75, 3.05) is 19.5 Å². The van der Waals surface area contributed by atoms with Gasteiger partial charge < -0.3 is 18.8 Å². The van der Waals surface area contributed by atoms with Crippen LogP contribution in [0.25, 0.3) is 12.2 Å². The Morgan fingerprint density at radius 3 is 2.39 bits per heavy atom. The first-order valence-electron chi connectivity index (χ1n) is 8.48. The van der Waals surface area contributed by atoms with Crippen molar-refractivity contribution in [2.24, 2.45) is 0 Å². The number of hydrogen-bond donors (Lipinski definition) is 1. The maximum atomic E-state index is 13.1. The van der Waals surface area contributed by atoms with E-state index in [0.717, 1.165) is 11.1 Å². The fourth-order valence-electron chi connectivity index (χ4n) is 2.46. The first kappa shape index (κ1) is 20.0. The van der Waals surface area contributed by atoms with Gasteiger partial charge in [0.25, 0.3) is 0 Å². The molecule has 1 N–H and O–H groups in total. The minimum atomic E-state index is -3.64. The summed E-state index contributed by atoms with van der Waals surface area (Å²) in [5.74, 6) is 0.0968. The van der Waals surface area contributed by atoms with Gasteiger partial charge in [-0.25, -0.2) is 4.39 Å². The van der Waals surface area contributed by atoms with Crippen LogP contribution in [-0.4, -0.2) is 19.2 Å². The third-order valence-corrected chi connectivity index (χ3v) is 5.73. The Kier molecular flexibility index (Phi) is 6.41. The lowest BCUT2D eigenvalue weighted by atomic mass is 10.2. The molecule has 0 fully saturated rings. The zero-order chi connectivity index (χ0) is 20.0. The van der Waals surface area contributed by atoms with Crippen LogP contribution in [0.3, 0.4) is 0 Å². The standard InChI is InChI=1S/C20H20FN2O4P/c1-25-28(24,26-2)20-19(22-14-16-8-11-17(21)12-9-16)27-18(23-20)13-10-15-6-4-3-5-7-15/h3-13,22H,14H2,1-2H3. The monoisotopic (exact) mass is 402 g/mol. The number of nitrogens with zero attached hydrogens (tertiary/aromatic N) is 1. The number of hydrogen-bond acceptors (Lipinski definition) is 6. The number of oxazole rings is 1. The highest BCUT2D eigenvalue weighted by molar-refractivity contribution is 7.62. The second-order valence-corrected chi connectivity index (χ2v) is 7.94. The van der Waals surface area contributed by atoms with Crippen LogP contribution in [0.4, 0.5) is 10.3 Å². The van der Waals surface area contributed by atoms with Crippen molar-refractivity contribution in [1.29, 1.82) is 0 Å². The van der Waals surface area contributed by atoms with Gasteiger partial charge in [-0.05, 0) is 29.3 Å². The summed E-state index contributed by atoms with van der Waals surface area (Å²) < 4.78 is 41.7. The van der Waals surface area contributed by atoms with Crippen LogP contribution in [0.1, 0.15) is 17.0 Å². The molecule has 0 unspecified atom stereocenters. The SMILES string of the molecule is COP(=O)(OC)c1nc(C=Cc2ccccc2)oc1NCc1ccc(F)cc1. The normalized spacial score (nSPS) is 11.8. The van der Waals surface area contributed by atoms with E-state index in [2.05, 4.69) is 10.3 Å². The number of halogens is 1. The van der Waals surface area contributed by atoms with Crippen LogP contribution >= 0.6 is 7.60 Å². The van der Waals surface area contributed by atoms with E-state index >= 15 is 0 Å². The van der Waals surface area contributed by atoms with Crippen LogP contribution < -0.4 is 10.8 Å². The van der Waals surface area contributed by atoms with Crippen molar-refractivity contribution in [1.82, 2.24) is 4.98 Å². The second kappa shape index (κ2) is 8.97. The van der Waals surface area contributed by atoms with Gasteiger partial charge in [-0.3, -0.25) is 4.57 Å². The Hall–Kier alpha value is -2.73. The predicted molar refractivity (Wildman–Crippen MR) is 107 cm³/mol. The number of aromatic nitrogens is 1. The molecule has 146 valence electrons. The predicted octanol–water partition coefficient (Wildman–Crippen LogP) is 4.71. The number of nitrogens with one attached hydrogen (secondary N) is 1. The molecule has 3 aromatic rings. The lowest BCUT2D eigenvalue weighted by molar-refractivity contribution is 0.286. The molecule has 28 heavy (non-hydrogen) atoms. The Bertz CT molecular complexity index is 979. The van der Waals surface area contributed by atoms with Gasteiger partial charge in [0.2, 0.25) is 17.2 Å². The molecule has 0 aliphatic rings. The lowest BCUT2D eigenvalue weighted by Gasteiger charge is -2.12. The van der Waals surface area contributed by atoms with E-state index in [9.17, 15) is 8.96 Å². The largest absolute Gasteiger partial charge is 0.420 e. The molecule has 0 aliphatic heterocycles. The topological polar surface area (TPSA) is 73.6 Å². The molecular formula is C20H20FN2O4P. The third kappa shape index (κ3) is 4.75. The summed E-state index contributed by atoms with van der Waals surface area (Å²) in [5.41, 5.74) is 1.83. The molecule has 0 saturated carbocycles. The smallest absolute Gasteiger partial charge is 0.384 e. The number of benzene rings is 2. The Labute approximate surface area is 162 Å². The van der Waals surface area contributed by atoms with Crippen molar-refractivity contribution >= 4 is 31.1 Å². The van der Waals surface area contributed by atoms with Gasteiger partial charge in [0.1, 0.15) is 5.82 Å². The lowest BCUT2D eigenvalue weighted by Crippen LogP contribution is -2.14. The average Bonchev–Trinajstić information content (AvgIpc) is 3.16. The third-order valence-electron chi connectivity index (χ3n) is 3.95. The molecule has 0 spiro atoms. The van der Waals surface area contributed by atoms with E-state index in [1.807, 2.05) is 36.4 Å². The first-order chi connectivity index (χ1) is 13.5. The molecule has 0 atom stereocenters. The summed E-state index contributed by atoms with van der Waals surface area (Å²) in [5, 5.41) is 3.02. The number of rotatable bonds is 8. The summed E-state index contributed by atoms with van der Waals surface area (Å²) in [7, 11) is -1.08. The minimum Gasteiger partial charge on any atom is -0.420 e. The van der Waals surface area contributed by atoms with E-state index in [0.29, 0.717) is 6.54 Å². The zero-order valence-corrected chi connectivity index (χ0v) is 16.4. The highest BCUT2D eigenvalue weighted by Crippen LogP contribution is 2.47. The van der Waals surface area contributed by atoms with Crippen molar-refractivity contribution < 1.29 is 22.4 Å². The summed E-state index contributed by atoms with van der Waals surface area (Å²) in [6.07, 6.45) is 3.49. The maximum Gasteiger partial charge on any atom is 0.384 e. The molecule has 1 aromatic heterocycles. The van der Waals surface area contributed by atoms with Gasteiger partial charge in [-0.15, -0.1) is 0 Å². The Morgan fingerprint density at radius 2 is 1.75 bits per heavy atom. The molecule has 0 saturated heterocycles. The maximum absolute atomic E-state index is 13.1. The van der Waals surface area contributed by atoms with Crippen LogP contribution in [0.2, 0.25) is 0 Å². The molecule has 0 bridgehead atoms. The molecule has 1 heterocycles. The van der Waals surface area contributed by atoms with Gasteiger partial charge in [0.05, 0.1) is 0 Å². The highest BCUT2D eigenvalue weighted by Gasteiger charge is 2.33. The molecule has 2 aromatic carbocycles. The van der Waals surface area contributed by atoms with Crippen molar-refractivity contribution in [3.63, 3.8) is 0 Å². The van der Waals surface area contributed by atoms with E-state index < -0.39 is 7.60 Å². The molecule has 0 radical (unpaired) electrons. The van der Waals surface area contributed by atoms with Gasteiger partial charge in [-0.1, -0.05) is 42.5 Å². The average molecular weight is 402 g/mol. The summed E-state index contributed by atoms with van der Waals surface area (Å²) in [6.45, 7) is 0.317. The molecule has 6 nitrogen and oxygen atoms in total. The van der Waals surface area contributed by atoms with Gasteiger partial charge >= 0.3 is 7.60 Å². The van der Waals surface area contributed by atoms with Crippen molar-refractivity contribution in [3.8, 4) is 0 Å². The van der Waals surface area contributed by atoms with Crippen molar-refractivity contribution in [2.45, 2.75) is 6.54 Å². The Balaban J connectivity index is 1.87. The van der Waals surface area contributed by atoms with Gasteiger partial charge in [0, 0.05) is 26.8 Å². The summed E-state index contributed by atoms with van der Waals surface area (Å²) in [4.78, 5) is 4.28. The van der Waals surface area contributed by atoms with Gasteiger partial charge in [0.15, 0.2) is 0 Å². The number of anilines is 1. The van der Waals surface area contributed by atoms with E-state index in [4.69, 9.17) is 13.5 Å². The van der Waals surface area contributed by atoms with Crippen LogP contribution in [0, 0.1) is 5.82 Å². The Morgan fingerprint density at radius 1 is 1.07 bits per heavy atom. The first-order valence-corrected chi connectivity index (χ1v) is 10.0. The quantitative estimate of drug-likeness (QED) is 0.550. The van der Waals surface area contributed by atoms with Crippen molar-refractivity contribution in [3.05, 3.63) is 77.4 Å². The van der Waals surface area contributed by atoms with Crippen LogP contribution in [-0.2, 0) is 20.2 Å². The zero-order valence-electron chi connectivity index (χ0n) is 15.5. The molecule has 3 rings (SSSR count). The van der Waals surface area contributed by atoms with Gasteiger partial charge in [-0.2, -0.15) is 4.98 Å². The highest BCUT2D eigenvalue weighted by atomic mass is 31.2. The van der Waals surface area contributed by atoms with E-state index in [-0.39, 0.29) is 23.0 Å². The molecule has 0 aliphatic carbocycles.